The predicted octanol–water partition coefficient (Wildman–Crippen LogP) is 2.64. The molecule has 3 rings (SSSR count). The second-order valence-electron chi connectivity index (χ2n) is 4.44. The van der Waals surface area contributed by atoms with E-state index in [2.05, 4.69) is 5.32 Å². The summed E-state index contributed by atoms with van der Waals surface area (Å²) in [6, 6.07) is 12.8. The van der Waals surface area contributed by atoms with Crippen molar-refractivity contribution in [3.63, 3.8) is 0 Å². The molecule has 1 heterocycles. The molecular formula is C16H10FNO2. The van der Waals surface area contributed by atoms with Crippen molar-refractivity contribution >= 4 is 23.5 Å². The van der Waals surface area contributed by atoms with Crippen LogP contribution in [-0.4, -0.2) is 11.8 Å². The molecule has 4 heteroatoms. The first-order valence-electron chi connectivity index (χ1n) is 6.07. The molecule has 0 unspecified atom stereocenters. The maximum absolute atomic E-state index is 13.2. The molecule has 0 bridgehead atoms. The quantitative estimate of drug-likeness (QED) is 0.637. The lowest BCUT2D eigenvalue weighted by Crippen LogP contribution is -2.36. The summed E-state index contributed by atoms with van der Waals surface area (Å²) < 4.78 is 13.2. The fraction of sp³-hybridized carbons (Fsp3) is 0. The molecule has 0 fully saturated rings. The van der Waals surface area contributed by atoms with Crippen LogP contribution < -0.4 is 5.32 Å². The normalized spacial score (nSPS) is 15.9. The van der Waals surface area contributed by atoms with Crippen LogP contribution in [0.1, 0.15) is 21.5 Å². The number of carbonyl (C=O) groups is 2. The van der Waals surface area contributed by atoms with Crippen LogP contribution in [0.3, 0.4) is 0 Å². The summed E-state index contributed by atoms with van der Waals surface area (Å²) in [4.78, 5) is 23.7. The lowest BCUT2D eigenvalue weighted by atomic mass is 9.93. The molecule has 0 aliphatic carbocycles. The van der Waals surface area contributed by atoms with E-state index in [1.165, 1.54) is 12.1 Å². The van der Waals surface area contributed by atoms with Crippen molar-refractivity contribution in [2.45, 2.75) is 0 Å². The Morgan fingerprint density at radius 1 is 0.900 bits per heavy atom. The summed E-state index contributed by atoms with van der Waals surface area (Å²) in [6.45, 7) is 0. The zero-order valence-electron chi connectivity index (χ0n) is 10.4. The summed E-state index contributed by atoms with van der Waals surface area (Å²) in [5.74, 6) is -1.26. The van der Waals surface area contributed by atoms with Gasteiger partial charge in [0.1, 0.15) is 5.82 Å². The second kappa shape index (κ2) is 4.74. The van der Waals surface area contributed by atoms with Gasteiger partial charge < -0.3 is 0 Å². The highest BCUT2D eigenvalue weighted by atomic mass is 19.1. The molecule has 0 spiro atoms. The number of halogens is 1. The van der Waals surface area contributed by atoms with E-state index in [1.807, 2.05) is 0 Å². The third-order valence-electron chi connectivity index (χ3n) is 3.09. The van der Waals surface area contributed by atoms with Crippen LogP contribution in [0.25, 0.3) is 11.6 Å². The van der Waals surface area contributed by atoms with E-state index in [9.17, 15) is 14.0 Å². The van der Waals surface area contributed by atoms with E-state index in [-0.39, 0.29) is 5.82 Å². The molecule has 20 heavy (non-hydrogen) atoms. The van der Waals surface area contributed by atoms with Gasteiger partial charge in [0.15, 0.2) is 0 Å². The molecule has 1 aliphatic rings. The van der Waals surface area contributed by atoms with E-state index >= 15 is 0 Å². The van der Waals surface area contributed by atoms with E-state index in [4.69, 9.17) is 0 Å². The molecule has 0 radical (unpaired) electrons. The Hall–Kier alpha value is -2.75. The molecule has 0 saturated heterocycles. The average molecular weight is 267 g/mol. The van der Waals surface area contributed by atoms with Gasteiger partial charge in [-0.15, -0.1) is 0 Å². The first kappa shape index (κ1) is 12.3. The minimum Gasteiger partial charge on any atom is -0.288 e. The van der Waals surface area contributed by atoms with Gasteiger partial charge in [0.05, 0.1) is 0 Å². The lowest BCUT2D eigenvalue weighted by molar-refractivity contribution is -0.114. The monoisotopic (exact) mass is 267 g/mol. The molecule has 2 aromatic rings. The molecule has 0 saturated carbocycles. The van der Waals surface area contributed by atoms with Gasteiger partial charge in [-0.2, -0.15) is 0 Å². The molecule has 3 nitrogen and oxygen atoms in total. The predicted molar refractivity (Wildman–Crippen MR) is 73.2 cm³/mol. The molecule has 1 N–H and O–H groups in total. The number of nitrogens with one attached hydrogen (secondary N) is 1. The number of benzene rings is 2. The number of rotatable bonds is 1. The number of imide groups is 1. The van der Waals surface area contributed by atoms with Gasteiger partial charge in [-0.3, -0.25) is 14.9 Å². The number of carbonyl (C=O) groups excluding carboxylic acids is 2. The molecule has 2 amide bonds. The van der Waals surface area contributed by atoms with Crippen LogP contribution >= 0.6 is 0 Å². The first-order valence-corrected chi connectivity index (χ1v) is 6.07. The minimum atomic E-state index is -0.474. The molecule has 1 aliphatic heterocycles. The van der Waals surface area contributed by atoms with Crippen molar-refractivity contribution in [2.24, 2.45) is 0 Å². The molecule has 0 aromatic heterocycles. The largest absolute Gasteiger partial charge is 0.288 e. The van der Waals surface area contributed by atoms with E-state index in [0.29, 0.717) is 22.3 Å². The average Bonchev–Trinajstić information content (AvgIpc) is 2.43. The van der Waals surface area contributed by atoms with Gasteiger partial charge >= 0.3 is 0 Å². The summed E-state index contributed by atoms with van der Waals surface area (Å²) in [7, 11) is 0. The second-order valence-corrected chi connectivity index (χ2v) is 4.44. The van der Waals surface area contributed by atoms with Crippen LogP contribution in [0.4, 0.5) is 4.39 Å². The Balaban J connectivity index is 2.16. The molecular weight excluding hydrogens is 257 g/mol. The standard InChI is InChI=1S/C16H10FNO2/c17-11-5-3-4-10(8-11)9-14-12-6-1-2-7-13(12)15(19)18-16(14)20/h1-9H,(H,18,19,20)/b14-9-. The third kappa shape index (κ3) is 2.12. The SMILES string of the molecule is O=C1NC(=O)c2ccccc2/C1=C/c1cccc(F)c1. The summed E-state index contributed by atoms with van der Waals surface area (Å²) in [5.41, 5.74) is 1.92. The summed E-state index contributed by atoms with van der Waals surface area (Å²) in [6.07, 6.45) is 1.57. The summed E-state index contributed by atoms with van der Waals surface area (Å²) >= 11 is 0. The first-order chi connectivity index (χ1) is 9.65. The van der Waals surface area contributed by atoms with Gasteiger partial charge in [0, 0.05) is 11.1 Å². The van der Waals surface area contributed by atoms with Gasteiger partial charge in [-0.1, -0.05) is 30.3 Å². The lowest BCUT2D eigenvalue weighted by Gasteiger charge is -2.17. The van der Waals surface area contributed by atoms with Crippen molar-refractivity contribution in [1.29, 1.82) is 0 Å². The van der Waals surface area contributed by atoms with Gasteiger partial charge in [0.25, 0.3) is 11.8 Å². The number of hydrogen-bond acceptors (Lipinski definition) is 2. The van der Waals surface area contributed by atoms with Crippen molar-refractivity contribution in [2.75, 3.05) is 0 Å². The van der Waals surface area contributed by atoms with Gasteiger partial charge in [-0.05, 0) is 35.4 Å². The zero-order chi connectivity index (χ0) is 14.1. The Morgan fingerprint density at radius 2 is 1.65 bits per heavy atom. The maximum atomic E-state index is 13.2. The van der Waals surface area contributed by atoms with Crippen molar-refractivity contribution in [3.05, 3.63) is 71.0 Å². The Bertz CT molecular complexity index is 750. The highest BCUT2D eigenvalue weighted by Gasteiger charge is 2.26. The summed E-state index contributed by atoms with van der Waals surface area (Å²) in [5, 5.41) is 2.28. The maximum Gasteiger partial charge on any atom is 0.258 e. The fourth-order valence-electron chi connectivity index (χ4n) is 2.18. The van der Waals surface area contributed by atoms with Gasteiger partial charge in [0.2, 0.25) is 0 Å². The van der Waals surface area contributed by atoms with Crippen LogP contribution in [0, 0.1) is 5.82 Å². The zero-order valence-corrected chi connectivity index (χ0v) is 10.4. The van der Waals surface area contributed by atoms with E-state index in [0.717, 1.165) is 0 Å². The van der Waals surface area contributed by atoms with E-state index < -0.39 is 11.8 Å². The van der Waals surface area contributed by atoms with Crippen LogP contribution in [0.2, 0.25) is 0 Å². The van der Waals surface area contributed by atoms with Crippen molar-refractivity contribution in [1.82, 2.24) is 5.32 Å². The van der Waals surface area contributed by atoms with E-state index in [1.54, 1.807) is 42.5 Å². The van der Waals surface area contributed by atoms with Crippen molar-refractivity contribution in [3.8, 4) is 0 Å². The molecule has 98 valence electrons. The van der Waals surface area contributed by atoms with Gasteiger partial charge in [-0.25, -0.2) is 4.39 Å². The smallest absolute Gasteiger partial charge is 0.258 e. The number of fused-ring (bicyclic) bond motifs is 1. The number of hydrogen-bond donors (Lipinski definition) is 1. The Kier molecular flexibility index (Phi) is 2.91. The van der Waals surface area contributed by atoms with Crippen LogP contribution in [0.5, 0.6) is 0 Å². The van der Waals surface area contributed by atoms with Crippen LogP contribution in [-0.2, 0) is 4.79 Å². The van der Waals surface area contributed by atoms with Crippen molar-refractivity contribution < 1.29 is 14.0 Å². The highest BCUT2D eigenvalue weighted by molar-refractivity contribution is 6.33. The molecule has 2 aromatic carbocycles. The number of amides is 2. The Morgan fingerprint density at radius 3 is 2.40 bits per heavy atom. The fourth-order valence-corrected chi connectivity index (χ4v) is 2.18. The van der Waals surface area contributed by atoms with Crippen LogP contribution in [0.15, 0.2) is 48.5 Å². The Labute approximate surface area is 114 Å². The minimum absolute atomic E-state index is 0.353. The molecule has 0 atom stereocenters. The topological polar surface area (TPSA) is 46.2 Å². The third-order valence-corrected chi connectivity index (χ3v) is 3.09. The highest BCUT2D eigenvalue weighted by Crippen LogP contribution is 2.26.